The van der Waals surface area contributed by atoms with Gasteiger partial charge in [-0.05, 0) is 43.0 Å². The molecule has 1 aliphatic rings. The zero-order valence-electron chi connectivity index (χ0n) is 16.4. The second-order valence-electron chi connectivity index (χ2n) is 7.38. The molecule has 7 heteroatoms. The smallest absolute Gasteiger partial charge is 0.261 e. The Hall–Kier alpha value is -1.79. The molecule has 1 unspecified atom stereocenters. The zero-order chi connectivity index (χ0) is 20.8. The van der Waals surface area contributed by atoms with Gasteiger partial charge >= 0.3 is 0 Å². The lowest BCUT2D eigenvalue weighted by molar-refractivity contribution is -0.127. The molecule has 1 amide bonds. The summed E-state index contributed by atoms with van der Waals surface area (Å²) in [4.78, 5) is 14.7. The molecule has 0 radical (unpaired) electrons. The number of piperidine rings is 1. The summed E-state index contributed by atoms with van der Waals surface area (Å²) in [6.07, 6.45) is 0.875. The molecule has 1 heterocycles. The largest absolute Gasteiger partial charge is 0.481 e. The lowest BCUT2D eigenvalue weighted by atomic mass is 10.1. The van der Waals surface area contributed by atoms with Crippen molar-refractivity contribution >= 4 is 29.1 Å². The van der Waals surface area contributed by atoms with Crippen molar-refractivity contribution in [3.8, 4) is 5.75 Å². The minimum atomic E-state index is -0.652. The van der Waals surface area contributed by atoms with Crippen molar-refractivity contribution in [1.29, 1.82) is 0 Å². The van der Waals surface area contributed by atoms with Gasteiger partial charge in [0.05, 0.1) is 16.1 Å². The Kier molecular flexibility index (Phi) is 7.78. The summed E-state index contributed by atoms with van der Waals surface area (Å²) in [6.45, 7) is 4.86. The van der Waals surface area contributed by atoms with Gasteiger partial charge < -0.3 is 15.2 Å². The number of benzene rings is 2. The Morgan fingerprint density at radius 1 is 1.14 bits per heavy atom. The second kappa shape index (κ2) is 10.3. The summed E-state index contributed by atoms with van der Waals surface area (Å²) >= 11 is 11.9. The van der Waals surface area contributed by atoms with Crippen LogP contribution in [0.3, 0.4) is 0 Å². The molecule has 2 N–H and O–H groups in total. The molecule has 5 nitrogen and oxygen atoms in total. The third-order valence-corrected chi connectivity index (χ3v) is 5.77. The highest BCUT2D eigenvalue weighted by atomic mass is 35.5. The monoisotopic (exact) mass is 436 g/mol. The van der Waals surface area contributed by atoms with Gasteiger partial charge in [0.15, 0.2) is 6.10 Å². The lowest BCUT2D eigenvalue weighted by Crippen LogP contribution is -2.36. The Balaban J connectivity index is 1.45. The van der Waals surface area contributed by atoms with E-state index in [1.165, 1.54) is 5.56 Å². The fraction of sp³-hybridized carbons (Fsp3) is 0.409. The van der Waals surface area contributed by atoms with Gasteiger partial charge in [0, 0.05) is 32.2 Å². The van der Waals surface area contributed by atoms with Crippen LogP contribution in [0.2, 0.25) is 10.0 Å². The normalized spacial score (nSPS) is 16.4. The molecule has 1 atom stereocenters. The van der Waals surface area contributed by atoms with Crippen molar-refractivity contribution in [2.45, 2.75) is 45.1 Å². The van der Waals surface area contributed by atoms with E-state index in [4.69, 9.17) is 27.9 Å². The summed E-state index contributed by atoms with van der Waals surface area (Å²) in [5.41, 5.74) is 2.26. The van der Waals surface area contributed by atoms with Gasteiger partial charge in [-0.2, -0.15) is 0 Å². The van der Waals surface area contributed by atoms with Gasteiger partial charge in [0.25, 0.3) is 5.91 Å². The average Bonchev–Trinajstić information content (AvgIpc) is 2.71. The maximum atomic E-state index is 12.3. The third-order valence-electron chi connectivity index (χ3n) is 5.03. The van der Waals surface area contributed by atoms with Gasteiger partial charge in [-0.1, -0.05) is 47.5 Å². The number of halogens is 2. The summed E-state index contributed by atoms with van der Waals surface area (Å²) in [6, 6.07) is 13.1. The van der Waals surface area contributed by atoms with Crippen molar-refractivity contribution in [3.05, 3.63) is 63.6 Å². The Labute approximate surface area is 181 Å². The number of hydrogen-bond acceptors (Lipinski definition) is 4. The Bertz CT molecular complexity index is 821. The van der Waals surface area contributed by atoms with Gasteiger partial charge in [-0.15, -0.1) is 0 Å². The van der Waals surface area contributed by atoms with Crippen molar-refractivity contribution < 1.29 is 14.6 Å². The third kappa shape index (κ3) is 6.61. The summed E-state index contributed by atoms with van der Waals surface area (Å²) < 4.78 is 5.63. The molecule has 3 rings (SSSR count). The number of nitrogens with zero attached hydrogens (tertiary/aromatic N) is 1. The van der Waals surface area contributed by atoms with Crippen LogP contribution in [0.4, 0.5) is 0 Å². The number of likely N-dealkylation sites (tertiary alicyclic amines) is 1. The SMILES string of the molecule is CC(Oc1ccc(Cl)c(Cl)c1)C(=O)NCc1ccc(CN2CCC(O)CC2)cc1. The van der Waals surface area contributed by atoms with Crippen molar-refractivity contribution in [3.63, 3.8) is 0 Å². The van der Waals surface area contributed by atoms with E-state index in [0.29, 0.717) is 22.3 Å². The number of carbonyl (C=O) groups excluding carboxylic acids is 1. The summed E-state index contributed by atoms with van der Waals surface area (Å²) in [5.74, 6) is 0.295. The van der Waals surface area contributed by atoms with E-state index in [1.807, 2.05) is 12.1 Å². The first-order valence-electron chi connectivity index (χ1n) is 9.78. The first-order chi connectivity index (χ1) is 13.9. The molecule has 1 fully saturated rings. The van der Waals surface area contributed by atoms with Crippen LogP contribution in [0.5, 0.6) is 5.75 Å². The van der Waals surface area contributed by atoms with E-state index in [-0.39, 0.29) is 12.0 Å². The predicted octanol–water partition coefficient (Wildman–Crippen LogP) is 4.03. The summed E-state index contributed by atoms with van der Waals surface area (Å²) in [7, 11) is 0. The highest BCUT2D eigenvalue weighted by molar-refractivity contribution is 6.42. The minimum Gasteiger partial charge on any atom is -0.481 e. The fourth-order valence-corrected chi connectivity index (χ4v) is 3.53. The molecule has 0 saturated carbocycles. The number of rotatable bonds is 7. The molecule has 2 aromatic rings. The predicted molar refractivity (Wildman–Crippen MR) is 115 cm³/mol. The first-order valence-corrected chi connectivity index (χ1v) is 10.5. The number of amides is 1. The fourth-order valence-electron chi connectivity index (χ4n) is 3.24. The molecule has 1 saturated heterocycles. The van der Waals surface area contributed by atoms with Crippen LogP contribution in [-0.4, -0.2) is 41.2 Å². The first kappa shape index (κ1) is 21.9. The molecule has 29 heavy (non-hydrogen) atoms. The van der Waals surface area contributed by atoms with E-state index in [2.05, 4.69) is 22.3 Å². The molecular formula is C22H26Cl2N2O3. The average molecular weight is 437 g/mol. The molecule has 0 spiro atoms. The molecular weight excluding hydrogens is 411 g/mol. The van der Waals surface area contributed by atoms with Crippen LogP contribution in [-0.2, 0) is 17.9 Å². The number of nitrogens with one attached hydrogen (secondary N) is 1. The molecule has 156 valence electrons. The molecule has 0 aliphatic carbocycles. The zero-order valence-corrected chi connectivity index (χ0v) is 17.9. The van der Waals surface area contributed by atoms with Crippen LogP contribution in [0.1, 0.15) is 30.9 Å². The van der Waals surface area contributed by atoms with E-state index >= 15 is 0 Å². The van der Waals surface area contributed by atoms with E-state index in [0.717, 1.165) is 38.0 Å². The molecule has 0 aromatic heterocycles. The van der Waals surface area contributed by atoms with Crippen LogP contribution in [0.15, 0.2) is 42.5 Å². The number of carbonyl (C=O) groups is 1. The molecule has 2 aromatic carbocycles. The van der Waals surface area contributed by atoms with Crippen LogP contribution in [0, 0.1) is 0 Å². The van der Waals surface area contributed by atoms with Crippen molar-refractivity contribution in [1.82, 2.24) is 10.2 Å². The number of aliphatic hydroxyl groups is 1. The highest BCUT2D eigenvalue weighted by Crippen LogP contribution is 2.26. The molecule has 1 aliphatic heterocycles. The Morgan fingerprint density at radius 3 is 2.45 bits per heavy atom. The summed E-state index contributed by atoms with van der Waals surface area (Å²) in [5, 5.41) is 13.3. The maximum absolute atomic E-state index is 12.3. The van der Waals surface area contributed by atoms with E-state index in [1.54, 1.807) is 25.1 Å². The van der Waals surface area contributed by atoms with Gasteiger partial charge in [0.2, 0.25) is 0 Å². The number of ether oxygens (including phenoxy) is 1. The van der Waals surface area contributed by atoms with Crippen LogP contribution in [0.25, 0.3) is 0 Å². The quantitative estimate of drug-likeness (QED) is 0.687. The Morgan fingerprint density at radius 2 is 1.79 bits per heavy atom. The number of hydrogen-bond donors (Lipinski definition) is 2. The van der Waals surface area contributed by atoms with Gasteiger partial charge in [0.1, 0.15) is 5.75 Å². The minimum absolute atomic E-state index is 0.153. The van der Waals surface area contributed by atoms with Crippen molar-refractivity contribution in [2.24, 2.45) is 0 Å². The molecule has 0 bridgehead atoms. The van der Waals surface area contributed by atoms with Gasteiger partial charge in [-0.3, -0.25) is 9.69 Å². The second-order valence-corrected chi connectivity index (χ2v) is 8.19. The van der Waals surface area contributed by atoms with Crippen LogP contribution < -0.4 is 10.1 Å². The van der Waals surface area contributed by atoms with Crippen molar-refractivity contribution in [2.75, 3.05) is 13.1 Å². The maximum Gasteiger partial charge on any atom is 0.261 e. The lowest BCUT2D eigenvalue weighted by Gasteiger charge is -2.29. The standard InChI is InChI=1S/C22H26Cl2N2O3/c1-15(29-19-6-7-20(23)21(24)12-19)22(28)25-13-16-2-4-17(5-3-16)14-26-10-8-18(27)9-11-26/h2-7,12,15,18,27H,8-11,13-14H2,1H3,(H,25,28). The highest BCUT2D eigenvalue weighted by Gasteiger charge is 2.17. The van der Waals surface area contributed by atoms with E-state index < -0.39 is 6.10 Å². The van der Waals surface area contributed by atoms with Gasteiger partial charge in [-0.25, -0.2) is 0 Å². The topological polar surface area (TPSA) is 61.8 Å². The van der Waals surface area contributed by atoms with Crippen LogP contribution >= 0.6 is 23.2 Å². The number of aliphatic hydroxyl groups excluding tert-OH is 1. The van der Waals surface area contributed by atoms with E-state index in [9.17, 15) is 9.90 Å².